The second kappa shape index (κ2) is 8.43. The van der Waals surface area contributed by atoms with Gasteiger partial charge in [-0.25, -0.2) is 4.79 Å². The fourth-order valence-corrected chi connectivity index (χ4v) is 2.08. The number of benzene rings is 2. The molecule has 8 heteroatoms. The molecule has 0 saturated carbocycles. The van der Waals surface area contributed by atoms with Crippen LogP contribution in [0.4, 0.5) is 14.5 Å². The third-order valence-electron chi connectivity index (χ3n) is 3.04. The Kier molecular flexibility index (Phi) is 6.30. The van der Waals surface area contributed by atoms with Crippen LogP contribution in [0.25, 0.3) is 0 Å². The van der Waals surface area contributed by atoms with Crippen LogP contribution in [0.1, 0.15) is 17.3 Å². The highest BCUT2D eigenvalue weighted by molar-refractivity contribution is 6.30. The van der Waals surface area contributed by atoms with Crippen LogP contribution in [-0.4, -0.2) is 24.6 Å². The summed E-state index contributed by atoms with van der Waals surface area (Å²) in [7, 11) is 0. The van der Waals surface area contributed by atoms with Gasteiger partial charge in [-0.05, 0) is 43.3 Å². The van der Waals surface area contributed by atoms with Crippen molar-refractivity contribution in [1.82, 2.24) is 0 Å². The second-order valence-corrected chi connectivity index (χ2v) is 5.39. The van der Waals surface area contributed by atoms with Gasteiger partial charge in [0.15, 0.2) is 6.10 Å². The summed E-state index contributed by atoms with van der Waals surface area (Å²) in [6, 6.07) is 11.6. The Morgan fingerprint density at radius 1 is 1.12 bits per heavy atom. The van der Waals surface area contributed by atoms with E-state index in [1.54, 1.807) is 24.3 Å². The number of hydrogen-bond donors (Lipinski definition) is 1. The van der Waals surface area contributed by atoms with Gasteiger partial charge < -0.3 is 14.8 Å². The number of nitrogens with one attached hydrogen (secondary N) is 1. The Hall–Kier alpha value is -2.67. The molecule has 25 heavy (non-hydrogen) atoms. The molecule has 0 bridgehead atoms. The summed E-state index contributed by atoms with van der Waals surface area (Å²) in [6.07, 6.45) is -1.11. The van der Waals surface area contributed by atoms with Crippen LogP contribution >= 0.6 is 11.6 Å². The standard InChI is InChI=1S/C17H14ClF2NO4/c1-10(15(22)21-13-6-3-5-12(18)9-13)24-16(23)11-4-2-7-14(8-11)25-17(19)20/h2-10,17H,1H3,(H,21,22)/t10-/m1/s1. The molecule has 0 saturated heterocycles. The van der Waals surface area contributed by atoms with Crippen LogP contribution in [-0.2, 0) is 9.53 Å². The number of carbonyl (C=O) groups excluding carboxylic acids is 2. The number of hydrogen-bond acceptors (Lipinski definition) is 4. The minimum Gasteiger partial charge on any atom is -0.449 e. The van der Waals surface area contributed by atoms with Crippen LogP contribution in [0.5, 0.6) is 5.75 Å². The Morgan fingerprint density at radius 2 is 1.84 bits per heavy atom. The lowest BCUT2D eigenvalue weighted by molar-refractivity contribution is -0.123. The van der Waals surface area contributed by atoms with Crippen molar-refractivity contribution in [2.24, 2.45) is 0 Å². The minimum absolute atomic E-state index is 0.0134. The van der Waals surface area contributed by atoms with Gasteiger partial charge in [-0.2, -0.15) is 8.78 Å². The van der Waals surface area contributed by atoms with Crippen molar-refractivity contribution in [1.29, 1.82) is 0 Å². The maximum atomic E-state index is 12.2. The summed E-state index contributed by atoms with van der Waals surface area (Å²) >= 11 is 5.82. The summed E-state index contributed by atoms with van der Waals surface area (Å²) in [6.45, 7) is -1.62. The van der Waals surface area contributed by atoms with E-state index in [1.807, 2.05) is 0 Å². The Labute approximate surface area is 147 Å². The highest BCUT2D eigenvalue weighted by Gasteiger charge is 2.19. The lowest BCUT2D eigenvalue weighted by Crippen LogP contribution is -2.30. The van der Waals surface area contributed by atoms with Crippen molar-refractivity contribution >= 4 is 29.2 Å². The number of esters is 1. The fraction of sp³-hybridized carbons (Fsp3) is 0.176. The van der Waals surface area contributed by atoms with Crippen molar-refractivity contribution in [2.75, 3.05) is 5.32 Å². The summed E-state index contributed by atoms with van der Waals surface area (Å²) in [5.74, 6) is -1.58. The molecule has 2 aromatic rings. The Balaban J connectivity index is 1.98. The number of rotatable bonds is 6. The molecule has 0 aliphatic rings. The van der Waals surface area contributed by atoms with Crippen molar-refractivity contribution in [3.8, 4) is 5.75 Å². The van der Waals surface area contributed by atoms with E-state index in [4.69, 9.17) is 16.3 Å². The molecular weight excluding hydrogens is 356 g/mol. The molecule has 0 fully saturated rings. The predicted octanol–water partition coefficient (Wildman–Crippen LogP) is 4.13. The van der Waals surface area contributed by atoms with Crippen LogP contribution in [0, 0.1) is 0 Å². The summed E-state index contributed by atoms with van der Waals surface area (Å²) in [5, 5.41) is 3.00. The number of ether oxygens (including phenoxy) is 2. The van der Waals surface area contributed by atoms with E-state index in [9.17, 15) is 18.4 Å². The average molecular weight is 370 g/mol. The maximum absolute atomic E-state index is 12.2. The van der Waals surface area contributed by atoms with Crippen LogP contribution in [0.3, 0.4) is 0 Å². The first-order valence-electron chi connectivity index (χ1n) is 7.17. The Bertz CT molecular complexity index is 770. The maximum Gasteiger partial charge on any atom is 0.387 e. The monoisotopic (exact) mass is 369 g/mol. The number of amides is 1. The van der Waals surface area contributed by atoms with E-state index in [0.29, 0.717) is 10.7 Å². The molecule has 0 heterocycles. The second-order valence-electron chi connectivity index (χ2n) is 4.95. The number of alkyl halides is 2. The molecule has 2 aromatic carbocycles. The molecule has 1 amide bonds. The lowest BCUT2D eigenvalue weighted by Gasteiger charge is -2.14. The lowest BCUT2D eigenvalue weighted by atomic mass is 10.2. The van der Waals surface area contributed by atoms with Crippen LogP contribution in [0.15, 0.2) is 48.5 Å². The van der Waals surface area contributed by atoms with Gasteiger partial charge in [-0.1, -0.05) is 23.7 Å². The van der Waals surface area contributed by atoms with Crippen molar-refractivity contribution in [2.45, 2.75) is 19.6 Å². The van der Waals surface area contributed by atoms with Gasteiger partial charge >= 0.3 is 12.6 Å². The molecule has 0 spiro atoms. The van der Waals surface area contributed by atoms with E-state index in [1.165, 1.54) is 25.1 Å². The van der Waals surface area contributed by atoms with Gasteiger partial charge in [0.2, 0.25) is 0 Å². The largest absolute Gasteiger partial charge is 0.449 e. The van der Waals surface area contributed by atoms with Gasteiger partial charge in [0.05, 0.1) is 5.56 Å². The van der Waals surface area contributed by atoms with Gasteiger partial charge in [-0.15, -0.1) is 0 Å². The molecule has 0 unspecified atom stereocenters. The smallest absolute Gasteiger partial charge is 0.387 e. The zero-order chi connectivity index (χ0) is 18.4. The van der Waals surface area contributed by atoms with E-state index in [2.05, 4.69) is 10.1 Å². The van der Waals surface area contributed by atoms with Gasteiger partial charge in [0, 0.05) is 10.7 Å². The SMILES string of the molecule is C[C@@H](OC(=O)c1cccc(OC(F)F)c1)C(=O)Nc1cccc(Cl)c1. The van der Waals surface area contributed by atoms with E-state index < -0.39 is 24.6 Å². The van der Waals surface area contributed by atoms with Gasteiger partial charge in [-0.3, -0.25) is 4.79 Å². The zero-order valence-electron chi connectivity index (χ0n) is 13.0. The van der Waals surface area contributed by atoms with Crippen LogP contribution < -0.4 is 10.1 Å². The first kappa shape index (κ1) is 18.7. The molecular formula is C17H14ClF2NO4. The summed E-state index contributed by atoms with van der Waals surface area (Å²) < 4.78 is 33.7. The first-order chi connectivity index (χ1) is 11.8. The van der Waals surface area contributed by atoms with Crippen molar-refractivity contribution in [3.05, 3.63) is 59.1 Å². The zero-order valence-corrected chi connectivity index (χ0v) is 13.8. The summed E-state index contributed by atoms with van der Waals surface area (Å²) in [4.78, 5) is 24.1. The molecule has 0 aliphatic carbocycles. The highest BCUT2D eigenvalue weighted by Crippen LogP contribution is 2.18. The quantitative estimate of drug-likeness (QED) is 0.778. The normalized spacial score (nSPS) is 11.7. The average Bonchev–Trinajstić information content (AvgIpc) is 2.54. The number of halogens is 3. The molecule has 0 aromatic heterocycles. The number of anilines is 1. The summed E-state index contributed by atoms with van der Waals surface area (Å²) in [5.41, 5.74) is 0.438. The number of carbonyl (C=O) groups is 2. The minimum atomic E-state index is -3.01. The van der Waals surface area contributed by atoms with Gasteiger partial charge in [0.25, 0.3) is 5.91 Å². The van der Waals surface area contributed by atoms with E-state index in [-0.39, 0.29) is 11.3 Å². The van der Waals surface area contributed by atoms with E-state index >= 15 is 0 Å². The third kappa shape index (κ3) is 5.72. The van der Waals surface area contributed by atoms with Crippen molar-refractivity contribution < 1.29 is 27.8 Å². The van der Waals surface area contributed by atoms with Gasteiger partial charge in [0.1, 0.15) is 5.75 Å². The molecule has 132 valence electrons. The third-order valence-corrected chi connectivity index (χ3v) is 3.28. The molecule has 0 aliphatic heterocycles. The molecule has 0 radical (unpaired) electrons. The topological polar surface area (TPSA) is 64.6 Å². The molecule has 1 N–H and O–H groups in total. The molecule has 5 nitrogen and oxygen atoms in total. The molecule has 2 rings (SSSR count). The highest BCUT2D eigenvalue weighted by atomic mass is 35.5. The van der Waals surface area contributed by atoms with Crippen molar-refractivity contribution in [3.63, 3.8) is 0 Å². The molecule has 1 atom stereocenters. The Morgan fingerprint density at radius 3 is 2.52 bits per heavy atom. The first-order valence-corrected chi connectivity index (χ1v) is 7.55. The fourth-order valence-electron chi connectivity index (χ4n) is 1.89. The predicted molar refractivity (Wildman–Crippen MR) is 88.0 cm³/mol. The van der Waals surface area contributed by atoms with E-state index in [0.717, 1.165) is 6.07 Å². The van der Waals surface area contributed by atoms with Crippen LogP contribution in [0.2, 0.25) is 5.02 Å².